The van der Waals surface area contributed by atoms with Crippen LogP contribution < -0.4 is 15.0 Å². The number of anilines is 1. The number of nitrogens with one attached hydrogen (secondary N) is 1. The minimum atomic E-state index is -0.316. The summed E-state index contributed by atoms with van der Waals surface area (Å²) < 4.78 is 5.33. The lowest BCUT2D eigenvalue weighted by atomic mass is 10.1. The van der Waals surface area contributed by atoms with E-state index in [0.29, 0.717) is 18.8 Å². The summed E-state index contributed by atoms with van der Waals surface area (Å²) in [6.07, 6.45) is 1.13. The molecule has 142 valence electrons. The first-order valence-corrected chi connectivity index (χ1v) is 10.1. The fourth-order valence-corrected chi connectivity index (χ4v) is 3.98. The highest BCUT2D eigenvalue weighted by Gasteiger charge is 2.35. The molecule has 0 saturated carbocycles. The molecule has 0 aliphatic carbocycles. The van der Waals surface area contributed by atoms with Gasteiger partial charge in [-0.15, -0.1) is 11.8 Å². The van der Waals surface area contributed by atoms with Gasteiger partial charge in [-0.3, -0.25) is 9.59 Å². The summed E-state index contributed by atoms with van der Waals surface area (Å²) in [4.78, 5) is 27.7. The van der Waals surface area contributed by atoms with E-state index in [-0.39, 0.29) is 24.2 Å². The van der Waals surface area contributed by atoms with Gasteiger partial charge in [0.05, 0.1) is 18.7 Å². The van der Waals surface area contributed by atoms with Crippen LogP contribution in [0.3, 0.4) is 0 Å². The molecule has 5 nitrogen and oxygen atoms in total. The van der Waals surface area contributed by atoms with Crippen molar-refractivity contribution in [3.05, 3.63) is 54.6 Å². The third kappa shape index (κ3) is 5.04. The molecule has 0 spiro atoms. The molecule has 1 aliphatic rings. The van der Waals surface area contributed by atoms with Crippen molar-refractivity contribution in [3.63, 3.8) is 0 Å². The lowest BCUT2D eigenvalue weighted by molar-refractivity contribution is -0.126. The van der Waals surface area contributed by atoms with Gasteiger partial charge < -0.3 is 15.0 Å². The van der Waals surface area contributed by atoms with E-state index in [2.05, 4.69) is 17.4 Å². The van der Waals surface area contributed by atoms with Crippen LogP contribution in [0.25, 0.3) is 0 Å². The maximum Gasteiger partial charge on any atom is 0.227 e. The second-order valence-electron chi connectivity index (χ2n) is 6.38. The van der Waals surface area contributed by atoms with Gasteiger partial charge in [-0.1, -0.05) is 30.3 Å². The predicted octanol–water partition coefficient (Wildman–Crippen LogP) is 3.35. The zero-order chi connectivity index (χ0) is 19.1. The Labute approximate surface area is 164 Å². The first kappa shape index (κ1) is 19.3. The standard InChI is InChI=1S/C21H24N2O3S/c1-26-19-11-6-5-10-18(19)23-15-16(14-20(23)24)21(25)22-12-7-13-27-17-8-3-2-4-9-17/h2-6,8-11,16H,7,12-15H2,1H3,(H,22,25). The molecule has 1 heterocycles. The van der Waals surface area contributed by atoms with Crippen molar-refractivity contribution in [2.45, 2.75) is 17.7 Å². The smallest absolute Gasteiger partial charge is 0.227 e. The second kappa shape index (κ2) is 9.46. The number of hydrogen-bond donors (Lipinski definition) is 1. The largest absolute Gasteiger partial charge is 0.495 e. The zero-order valence-electron chi connectivity index (χ0n) is 15.4. The summed E-state index contributed by atoms with van der Waals surface area (Å²) >= 11 is 1.78. The summed E-state index contributed by atoms with van der Waals surface area (Å²) in [5.74, 6) is 1.18. The second-order valence-corrected chi connectivity index (χ2v) is 7.55. The van der Waals surface area contributed by atoms with Gasteiger partial charge in [0.25, 0.3) is 0 Å². The molecule has 0 radical (unpaired) electrons. The van der Waals surface area contributed by atoms with Gasteiger partial charge >= 0.3 is 0 Å². The number of amides is 2. The Hall–Kier alpha value is -2.47. The Morgan fingerprint density at radius 2 is 1.93 bits per heavy atom. The van der Waals surface area contributed by atoms with E-state index >= 15 is 0 Å². The van der Waals surface area contributed by atoms with Crippen LogP contribution in [0.1, 0.15) is 12.8 Å². The topological polar surface area (TPSA) is 58.6 Å². The molecule has 1 saturated heterocycles. The van der Waals surface area contributed by atoms with Crippen molar-refractivity contribution in [2.24, 2.45) is 5.92 Å². The quantitative estimate of drug-likeness (QED) is 0.560. The van der Waals surface area contributed by atoms with E-state index in [1.165, 1.54) is 4.90 Å². The number of benzene rings is 2. The van der Waals surface area contributed by atoms with Gasteiger partial charge in [0.1, 0.15) is 5.75 Å². The molecular formula is C21H24N2O3S. The molecule has 1 fully saturated rings. The van der Waals surface area contributed by atoms with Crippen LogP contribution in [0, 0.1) is 5.92 Å². The maximum atomic E-state index is 12.4. The number of nitrogens with zero attached hydrogens (tertiary/aromatic N) is 1. The molecule has 3 rings (SSSR count). The summed E-state index contributed by atoms with van der Waals surface area (Å²) in [6.45, 7) is 1.02. The summed E-state index contributed by atoms with van der Waals surface area (Å²) in [5.41, 5.74) is 0.722. The van der Waals surface area contributed by atoms with Crippen molar-refractivity contribution < 1.29 is 14.3 Å². The lowest BCUT2D eigenvalue weighted by Gasteiger charge is -2.19. The SMILES string of the molecule is COc1ccccc1N1CC(C(=O)NCCCSc2ccccc2)CC1=O. The Morgan fingerprint density at radius 3 is 2.70 bits per heavy atom. The number of carbonyl (C=O) groups excluding carboxylic acids is 2. The monoisotopic (exact) mass is 384 g/mol. The van der Waals surface area contributed by atoms with Crippen molar-refractivity contribution in [3.8, 4) is 5.75 Å². The molecule has 0 aromatic heterocycles. The minimum Gasteiger partial charge on any atom is -0.495 e. The zero-order valence-corrected chi connectivity index (χ0v) is 16.2. The molecule has 2 amide bonds. The first-order chi connectivity index (χ1) is 13.2. The molecular weight excluding hydrogens is 360 g/mol. The molecule has 1 N–H and O–H groups in total. The maximum absolute atomic E-state index is 12.4. The van der Waals surface area contributed by atoms with Crippen LogP contribution in [0.2, 0.25) is 0 Å². The lowest BCUT2D eigenvalue weighted by Crippen LogP contribution is -2.33. The fraction of sp³-hybridized carbons (Fsp3) is 0.333. The van der Waals surface area contributed by atoms with Gasteiger partial charge in [-0.05, 0) is 36.4 Å². The minimum absolute atomic E-state index is 0.0423. The van der Waals surface area contributed by atoms with Crippen molar-refractivity contribution in [2.75, 3.05) is 30.9 Å². The molecule has 0 bridgehead atoms. The molecule has 27 heavy (non-hydrogen) atoms. The fourth-order valence-electron chi connectivity index (χ4n) is 3.10. The predicted molar refractivity (Wildman–Crippen MR) is 108 cm³/mol. The Morgan fingerprint density at radius 1 is 1.19 bits per heavy atom. The third-order valence-corrected chi connectivity index (χ3v) is 5.60. The van der Waals surface area contributed by atoms with Crippen molar-refractivity contribution in [1.82, 2.24) is 5.32 Å². The average Bonchev–Trinajstić information content (AvgIpc) is 3.10. The molecule has 2 aromatic rings. The first-order valence-electron chi connectivity index (χ1n) is 9.08. The number of carbonyl (C=O) groups is 2. The molecule has 2 aromatic carbocycles. The van der Waals surface area contributed by atoms with E-state index in [9.17, 15) is 9.59 Å². The Kier molecular flexibility index (Phi) is 6.76. The van der Waals surface area contributed by atoms with Crippen LogP contribution in [0.5, 0.6) is 5.75 Å². The summed E-state index contributed by atoms with van der Waals surface area (Å²) in [5, 5.41) is 2.97. The summed E-state index contributed by atoms with van der Waals surface area (Å²) in [7, 11) is 1.58. The highest BCUT2D eigenvalue weighted by molar-refractivity contribution is 7.99. The molecule has 1 unspecified atom stereocenters. The average molecular weight is 385 g/mol. The van der Waals surface area contributed by atoms with Crippen LogP contribution in [0.15, 0.2) is 59.5 Å². The molecule has 6 heteroatoms. The van der Waals surface area contributed by atoms with Crippen molar-refractivity contribution in [1.29, 1.82) is 0 Å². The number of ether oxygens (including phenoxy) is 1. The van der Waals surface area contributed by atoms with E-state index in [4.69, 9.17) is 4.74 Å². The van der Waals surface area contributed by atoms with Gasteiger partial charge in [-0.2, -0.15) is 0 Å². The van der Waals surface area contributed by atoms with Crippen LogP contribution in [-0.4, -0.2) is 37.8 Å². The number of methoxy groups -OCH3 is 1. The number of rotatable bonds is 8. The van der Waals surface area contributed by atoms with E-state index < -0.39 is 0 Å². The third-order valence-electron chi connectivity index (χ3n) is 4.50. The summed E-state index contributed by atoms with van der Waals surface area (Å²) in [6, 6.07) is 17.6. The van der Waals surface area contributed by atoms with Crippen LogP contribution in [0.4, 0.5) is 5.69 Å². The highest BCUT2D eigenvalue weighted by Crippen LogP contribution is 2.32. The van der Waals surface area contributed by atoms with Gasteiger partial charge in [0.15, 0.2) is 0 Å². The normalized spacial score (nSPS) is 16.4. The van der Waals surface area contributed by atoms with E-state index in [0.717, 1.165) is 17.9 Å². The highest BCUT2D eigenvalue weighted by atomic mass is 32.2. The number of thioether (sulfide) groups is 1. The van der Waals surface area contributed by atoms with Crippen LogP contribution >= 0.6 is 11.8 Å². The molecule has 1 aliphatic heterocycles. The Balaban J connectivity index is 1.45. The number of para-hydroxylation sites is 2. The Bertz CT molecular complexity index is 782. The van der Waals surface area contributed by atoms with E-state index in [1.807, 2.05) is 42.5 Å². The number of hydrogen-bond acceptors (Lipinski definition) is 4. The van der Waals surface area contributed by atoms with Gasteiger partial charge in [0, 0.05) is 24.4 Å². The van der Waals surface area contributed by atoms with Gasteiger partial charge in [-0.25, -0.2) is 0 Å². The van der Waals surface area contributed by atoms with Crippen LogP contribution in [-0.2, 0) is 9.59 Å². The van der Waals surface area contributed by atoms with Gasteiger partial charge in [0.2, 0.25) is 11.8 Å². The van der Waals surface area contributed by atoms with Crippen molar-refractivity contribution >= 4 is 29.3 Å². The van der Waals surface area contributed by atoms with E-state index in [1.54, 1.807) is 23.8 Å². The molecule has 1 atom stereocenters.